The van der Waals surface area contributed by atoms with E-state index in [-0.39, 0.29) is 22.3 Å². The summed E-state index contributed by atoms with van der Waals surface area (Å²) < 4.78 is 37.3. The molecule has 8 heteroatoms. The van der Waals surface area contributed by atoms with Crippen LogP contribution in [-0.4, -0.2) is 22.5 Å². The molecule has 0 bridgehead atoms. The van der Waals surface area contributed by atoms with Gasteiger partial charge in [-0.15, -0.1) is 0 Å². The average Bonchev–Trinajstić information content (AvgIpc) is 2.37. The summed E-state index contributed by atoms with van der Waals surface area (Å²) in [6.45, 7) is 2.77. The minimum atomic E-state index is -4.47. The van der Waals surface area contributed by atoms with Crippen molar-refractivity contribution in [3.8, 4) is 0 Å². The van der Waals surface area contributed by atoms with Crippen molar-refractivity contribution in [3.05, 3.63) is 24.3 Å². The van der Waals surface area contributed by atoms with E-state index in [1.807, 2.05) is 0 Å². The maximum absolute atomic E-state index is 12.4. The number of nitrogens with one attached hydrogen (secondary N) is 1. The second-order valence-corrected chi connectivity index (χ2v) is 5.56. The third-order valence-corrected chi connectivity index (χ3v) is 3.73. The number of carboxylic acids is 1. The number of aliphatic carboxylic acids is 1. The number of hydrogen-bond acceptors (Lipinski definition) is 3. The number of hydrogen-bond donors (Lipinski definition) is 2. The van der Waals surface area contributed by atoms with Gasteiger partial charge in [0.1, 0.15) is 0 Å². The van der Waals surface area contributed by atoms with Gasteiger partial charge in [0.25, 0.3) is 0 Å². The highest BCUT2D eigenvalue weighted by molar-refractivity contribution is 8.00. The zero-order valence-electron chi connectivity index (χ0n) is 11.3. The van der Waals surface area contributed by atoms with E-state index in [0.29, 0.717) is 0 Å². The Hall–Kier alpha value is -1.70. The molecule has 0 heterocycles. The second kappa shape index (κ2) is 6.84. The molecule has 0 saturated carbocycles. The predicted octanol–water partition coefficient (Wildman–Crippen LogP) is 3.59. The molecule has 0 spiro atoms. The maximum Gasteiger partial charge on any atom is 0.446 e. The van der Waals surface area contributed by atoms with Gasteiger partial charge < -0.3 is 10.4 Å². The minimum Gasteiger partial charge on any atom is -0.481 e. The van der Waals surface area contributed by atoms with Crippen LogP contribution in [0.5, 0.6) is 0 Å². The number of carbonyl (C=O) groups excluding carboxylic acids is 1. The molecule has 1 rings (SSSR count). The molecule has 21 heavy (non-hydrogen) atoms. The Morgan fingerprint density at radius 2 is 1.76 bits per heavy atom. The first-order valence-corrected chi connectivity index (χ1v) is 6.82. The lowest BCUT2D eigenvalue weighted by Gasteiger charge is -2.17. The molecular weight excluding hydrogens is 307 g/mol. The van der Waals surface area contributed by atoms with Crippen LogP contribution in [-0.2, 0) is 9.59 Å². The fraction of sp³-hybridized carbons (Fsp3) is 0.385. The van der Waals surface area contributed by atoms with Crippen molar-refractivity contribution in [2.24, 2.45) is 11.8 Å². The van der Waals surface area contributed by atoms with Crippen molar-refractivity contribution in [1.82, 2.24) is 0 Å². The summed E-state index contributed by atoms with van der Waals surface area (Å²) in [6.07, 6.45) is 0. The zero-order chi connectivity index (χ0) is 16.2. The molecule has 0 fully saturated rings. The van der Waals surface area contributed by atoms with Gasteiger partial charge in [-0.3, -0.25) is 9.59 Å². The summed E-state index contributed by atoms with van der Waals surface area (Å²) in [5.74, 6) is -3.59. The smallest absolute Gasteiger partial charge is 0.446 e. The molecule has 2 N–H and O–H groups in total. The van der Waals surface area contributed by atoms with Crippen LogP contribution in [0.25, 0.3) is 0 Å². The Kier molecular flexibility index (Phi) is 5.65. The SMILES string of the molecule is CC(C(=O)O)C(C)C(=O)Nc1ccccc1SC(F)(F)F. The molecule has 0 aliphatic rings. The maximum atomic E-state index is 12.4. The summed E-state index contributed by atoms with van der Waals surface area (Å²) in [5.41, 5.74) is -4.46. The van der Waals surface area contributed by atoms with E-state index in [2.05, 4.69) is 5.32 Å². The Morgan fingerprint density at radius 1 is 1.19 bits per heavy atom. The molecule has 2 atom stereocenters. The number of alkyl halides is 3. The fourth-order valence-electron chi connectivity index (χ4n) is 1.47. The average molecular weight is 321 g/mol. The summed E-state index contributed by atoms with van der Waals surface area (Å²) in [4.78, 5) is 22.6. The van der Waals surface area contributed by atoms with Crippen molar-refractivity contribution in [2.75, 3.05) is 5.32 Å². The second-order valence-electron chi connectivity index (χ2n) is 4.45. The molecule has 116 valence electrons. The quantitative estimate of drug-likeness (QED) is 0.813. The molecule has 0 aromatic heterocycles. The van der Waals surface area contributed by atoms with E-state index < -0.39 is 29.2 Å². The highest BCUT2D eigenvalue weighted by Gasteiger charge is 2.31. The van der Waals surface area contributed by atoms with Crippen LogP contribution in [0.2, 0.25) is 0 Å². The van der Waals surface area contributed by atoms with Gasteiger partial charge in [-0.05, 0) is 23.9 Å². The predicted molar refractivity (Wildman–Crippen MR) is 72.9 cm³/mol. The number of anilines is 1. The van der Waals surface area contributed by atoms with E-state index in [0.717, 1.165) is 0 Å². The van der Waals surface area contributed by atoms with Gasteiger partial charge >= 0.3 is 11.5 Å². The molecule has 1 aromatic carbocycles. The topological polar surface area (TPSA) is 66.4 Å². The van der Waals surface area contributed by atoms with E-state index in [1.54, 1.807) is 0 Å². The Morgan fingerprint density at radius 3 is 2.29 bits per heavy atom. The van der Waals surface area contributed by atoms with Gasteiger partial charge in [0.05, 0.1) is 11.6 Å². The van der Waals surface area contributed by atoms with Gasteiger partial charge in [-0.1, -0.05) is 26.0 Å². The molecule has 0 aliphatic carbocycles. The number of para-hydroxylation sites is 1. The zero-order valence-corrected chi connectivity index (χ0v) is 12.1. The number of carboxylic acid groups (broad SMARTS) is 1. The molecule has 0 saturated heterocycles. The van der Waals surface area contributed by atoms with Crippen molar-refractivity contribution in [1.29, 1.82) is 0 Å². The van der Waals surface area contributed by atoms with E-state index in [9.17, 15) is 22.8 Å². The van der Waals surface area contributed by atoms with Gasteiger partial charge in [0, 0.05) is 10.8 Å². The van der Waals surface area contributed by atoms with E-state index in [4.69, 9.17) is 5.11 Å². The van der Waals surface area contributed by atoms with Crippen LogP contribution < -0.4 is 5.32 Å². The Labute approximate surface area is 123 Å². The summed E-state index contributed by atoms with van der Waals surface area (Å²) >= 11 is -0.335. The standard InChI is InChI=1S/C13H14F3NO3S/c1-7(8(2)12(19)20)11(18)17-9-5-3-4-6-10(9)21-13(14,15)16/h3-8H,1-2H3,(H,17,18)(H,19,20). The molecule has 1 aromatic rings. The highest BCUT2D eigenvalue weighted by atomic mass is 32.2. The summed E-state index contributed by atoms with van der Waals surface area (Å²) in [7, 11) is 0. The van der Waals surface area contributed by atoms with Gasteiger partial charge in [0.15, 0.2) is 0 Å². The lowest BCUT2D eigenvalue weighted by Crippen LogP contribution is -2.30. The molecule has 0 radical (unpaired) electrons. The summed E-state index contributed by atoms with van der Waals surface area (Å²) in [5, 5.41) is 11.2. The number of halogens is 3. The van der Waals surface area contributed by atoms with Crippen LogP contribution in [0.3, 0.4) is 0 Å². The monoisotopic (exact) mass is 321 g/mol. The number of amides is 1. The first kappa shape index (κ1) is 17.4. The van der Waals surface area contributed by atoms with Crippen molar-refractivity contribution in [2.45, 2.75) is 24.3 Å². The first-order chi connectivity index (χ1) is 9.61. The molecule has 1 amide bonds. The van der Waals surface area contributed by atoms with Crippen molar-refractivity contribution >= 4 is 29.3 Å². The number of rotatable bonds is 5. The van der Waals surface area contributed by atoms with Crippen LogP contribution in [0.4, 0.5) is 18.9 Å². The normalized spacial score (nSPS) is 14.3. The van der Waals surface area contributed by atoms with Gasteiger partial charge in [-0.25, -0.2) is 0 Å². The molecule has 4 nitrogen and oxygen atoms in total. The number of carbonyl (C=O) groups is 2. The summed E-state index contributed by atoms with van der Waals surface area (Å²) in [6, 6.07) is 5.48. The van der Waals surface area contributed by atoms with E-state index in [1.165, 1.54) is 38.1 Å². The lowest BCUT2D eigenvalue weighted by molar-refractivity contribution is -0.145. The first-order valence-electron chi connectivity index (χ1n) is 6.00. The Balaban J connectivity index is 2.88. The number of thioether (sulfide) groups is 1. The van der Waals surface area contributed by atoms with Crippen LogP contribution in [0, 0.1) is 11.8 Å². The minimum absolute atomic E-state index is 0.00858. The van der Waals surface area contributed by atoms with Gasteiger partial charge in [0.2, 0.25) is 5.91 Å². The highest BCUT2D eigenvalue weighted by Crippen LogP contribution is 2.40. The molecule has 2 unspecified atom stereocenters. The largest absolute Gasteiger partial charge is 0.481 e. The lowest BCUT2D eigenvalue weighted by atomic mass is 9.95. The van der Waals surface area contributed by atoms with Crippen LogP contribution >= 0.6 is 11.8 Å². The van der Waals surface area contributed by atoms with Crippen molar-refractivity contribution in [3.63, 3.8) is 0 Å². The van der Waals surface area contributed by atoms with E-state index >= 15 is 0 Å². The van der Waals surface area contributed by atoms with Crippen LogP contribution in [0.1, 0.15) is 13.8 Å². The molecular formula is C13H14F3NO3S. The Bertz CT molecular complexity index is 534. The molecule has 0 aliphatic heterocycles. The van der Waals surface area contributed by atoms with Crippen LogP contribution in [0.15, 0.2) is 29.2 Å². The fourth-order valence-corrected chi connectivity index (χ4v) is 2.10. The third kappa shape index (κ3) is 5.30. The number of benzene rings is 1. The van der Waals surface area contributed by atoms with Gasteiger partial charge in [-0.2, -0.15) is 13.2 Å². The van der Waals surface area contributed by atoms with Crippen molar-refractivity contribution < 1.29 is 27.9 Å². The third-order valence-electron chi connectivity index (χ3n) is 2.92.